The van der Waals surface area contributed by atoms with Gasteiger partial charge in [0.1, 0.15) is 5.82 Å². The Hall–Kier alpha value is -0.970. The fourth-order valence-corrected chi connectivity index (χ4v) is 2.61. The predicted molar refractivity (Wildman–Crippen MR) is 72.0 cm³/mol. The number of nitrogens with two attached hydrogens (primary N) is 1. The van der Waals surface area contributed by atoms with Gasteiger partial charge in [-0.1, -0.05) is 6.07 Å². The molecule has 3 nitrogen and oxygen atoms in total. The lowest BCUT2D eigenvalue weighted by Gasteiger charge is -2.40. The molecule has 2 atom stereocenters. The maximum Gasteiger partial charge on any atom is 0.123 e. The van der Waals surface area contributed by atoms with Gasteiger partial charge in [-0.3, -0.25) is 4.90 Å². The van der Waals surface area contributed by atoms with Crippen molar-refractivity contribution < 1.29 is 4.39 Å². The molecule has 0 radical (unpaired) electrons. The van der Waals surface area contributed by atoms with Crippen LogP contribution < -0.4 is 5.73 Å². The standard InChI is InChI=1S/C14H22FN3/c1-10-6-11(8-12(15)7-10)14(16)13-9-17(2)4-5-18(13)3/h6-8,13-14H,4-5,9,16H2,1-3H3. The highest BCUT2D eigenvalue weighted by Crippen LogP contribution is 2.22. The molecule has 1 fully saturated rings. The Morgan fingerprint density at radius 3 is 2.67 bits per heavy atom. The van der Waals surface area contributed by atoms with Crippen LogP contribution in [-0.4, -0.2) is 49.6 Å². The molecule has 1 aliphatic heterocycles. The van der Waals surface area contributed by atoms with E-state index in [0.29, 0.717) is 0 Å². The summed E-state index contributed by atoms with van der Waals surface area (Å²) >= 11 is 0. The van der Waals surface area contributed by atoms with Crippen LogP contribution in [0.2, 0.25) is 0 Å². The third kappa shape index (κ3) is 2.88. The van der Waals surface area contributed by atoms with E-state index in [2.05, 4.69) is 23.9 Å². The maximum atomic E-state index is 13.4. The first kappa shape index (κ1) is 13.5. The quantitative estimate of drug-likeness (QED) is 0.862. The fraction of sp³-hybridized carbons (Fsp3) is 0.571. The van der Waals surface area contributed by atoms with Crippen LogP contribution in [-0.2, 0) is 0 Å². The number of aryl methyl sites for hydroxylation is 1. The second-order valence-corrected chi connectivity index (χ2v) is 5.40. The summed E-state index contributed by atoms with van der Waals surface area (Å²) < 4.78 is 13.4. The van der Waals surface area contributed by atoms with Crippen LogP contribution >= 0.6 is 0 Å². The number of benzene rings is 1. The van der Waals surface area contributed by atoms with E-state index in [-0.39, 0.29) is 17.9 Å². The van der Waals surface area contributed by atoms with Crippen LogP contribution in [0.4, 0.5) is 4.39 Å². The van der Waals surface area contributed by atoms with Gasteiger partial charge in [0, 0.05) is 31.7 Å². The largest absolute Gasteiger partial charge is 0.323 e. The SMILES string of the molecule is Cc1cc(F)cc(C(N)C2CN(C)CCN2C)c1. The zero-order chi connectivity index (χ0) is 13.3. The monoisotopic (exact) mass is 251 g/mol. The zero-order valence-electron chi connectivity index (χ0n) is 11.4. The van der Waals surface area contributed by atoms with Crippen molar-refractivity contribution in [3.63, 3.8) is 0 Å². The fourth-order valence-electron chi connectivity index (χ4n) is 2.61. The normalized spacial score (nSPS) is 24.2. The summed E-state index contributed by atoms with van der Waals surface area (Å²) in [5, 5.41) is 0. The molecule has 2 rings (SSSR count). The number of halogens is 1. The van der Waals surface area contributed by atoms with Gasteiger partial charge in [-0.2, -0.15) is 0 Å². The Morgan fingerprint density at radius 2 is 2.00 bits per heavy atom. The molecule has 1 saturated heterocycles. The minimum Gasteiger partial charge on any atom is -0.323 e. The summed E-state index contributed by atoms with van der Waals surface area (Å²) in [6.45, 7) is 4.88. The molecule has 0 aromatic heterocycles. The van der Waals surface area contributed by atoms with E-state index >= 15 is 0 Å². The van der Waals surface area contributed by atoms with Crippen molar-refractivity contribution in [2.45, 2.75) is 19.0 Å². The van der Waals surface area contributed by atoms with Gasteiger partial charge < -0.3 is 10.6 Å². The molecule has 100 valence electrons. The molecule has 0 amide bonds. The van der Waals surface area contributed by atoms with Gasteiger partial charge in [0.05, 0.1) is 0 Å². The van der Waals surface area contributed by atoms with Gasteiger partial charge in [0.2, 0.25) is 0 Å². The summed E-state index contributed by atoms with van der Waals surface area (Å²) in [7, 11) is 4.19. The number of likely N-dealkylation sites (N-methyl/N-ethyl adjacent to an activating group) is 2. The molecular weight excluding hydrogens is 229 g/mol. The molecule has 0 bridgehead atoms. The molecule has 2 unspecified atom stereocenters. The molecule has 1 aromatic rings. The molecule has 0 spiro atoms. The summed E-state index contributed by atoms with van der Waals surface area (Å²) in [5.74, 6) is -0.202. The van der Waals surface area contributed by atoms with Crippen LogP contribution in [0.3, 0.4) is 0 Å². The number of rotatable bonds is 2. The van der Waals surface area contributed by atoms with E-state index in [9.17, 15) is 4.39 Å². The van der Waals surface area contributed by atoms with Gasteiger partial charge in [-0.15, -0.1) is 0 Å². The lowest BCUT2D eigenvalue weighted by Crippen LogP contribution is -2.54. The van der Waals surface area contributed by atoms with Gasteiger partial charge >= 0.3 is 0 Å². The van der Waals surface area contributed by atoms with E-state index in [1.165, 1.54) is 6.07 Å². The number of nitrogens with zero attached hydrogens (tertiary/aromatic N) is 2. The van der Waals surface area contributed by atoms with E-state index in [0.717, 1.165) is 30.8 Å². The molecule has 4 heteroatoms. The third-order valence-corrected chi connectivity index (χ3v) is 3.76. The van der Waals surface area contributed by atoms with Crippen molar-refractivity contribution in [1.29, 1.82) is 0 Å². The van der Waals surface area contributed by atoms with Crippen molar-refractivity contribution in [3.05, 3.63) is 35.1 Å². The first-order chi connectivity index (χ1) is 8.47. The molecular formula is C14H22FN3. The van der Waals surface area contributed by atoms with Crippen molar-refractivity contribution in [1.82, 2.24) is 9.80 Å². The van der Waals surface area contributed by atoms with Crippen molar-refractivity contribution in [2.24, 2.45) is 5.73 Å². The van der Waals surface area contributed by atoms with Crippen LogP contribution in [0.5, 0.6) is 0 Å². The van der Waals surface area contributed by atoms with Crippen LogP contribution in [0.25, 0.3) is 0 Å². The van der Waals surface area contributed by atoms with E-state index in [1.807, 2.05) is 13.0 Å². The topological polar surface area (TPSA) is 32.5 Å². The highest BCUT2D eigenvalue weighted by molar-refractivity contribution is 5.27. The zero-order valence-corrected chi connectivity index (χ0v) is 11.4. The molecule has 2 N–H and O–H groups in total. The second-order valence-electron chi connectivity index (χ2n) is 5.40. The lowest BCUT2D eigenvalue weighted by molar-refractivity contribution is 0.0973. The highest BCUT2D eigenvalue weighted by Gasteiger charge is 2.28. The Balaban J connectivity index is 2.21. The van der Waals surface area contributed by atoms with Crippen molar-refractivity contribution in [2.75, 3.05) is 33.7 Å². The van der Waals surface area contributed by atoms with E-state index in [1.54, 1.807) is 6.07 Å². The van der Waals surface area contributed by atoms with E-state index in [4.69, 9.17) is 5.73 Å². The van der Waals surface area contributed by atoms with Gasteiger partial charge in [0.25, 0.3) is 0 Å². The number of hydrogen-bond donors (Lipinski definition) is 1. The summed E-state index contributed by atoms with van der Waals surface area (Å²) in [6.07, 6.45) is 0. The Morgan fingerprint density at radius 1 is 1.28 bits per heavy atom. The molecule has 0 aliphatic carbocycles. The molecule has 1 aliphatic rings. The average molecular weight is 251 g/mol. The average Bonchev–Trinajstić information content (AvgIpc) is 2.30. The Labute approximate surface area is 108 Å². The van der Waals surface area contributed by atoms with Crippen molar-refractivity contribution >= 4 is 0 Å². The first-order valence-corrected chi connectivity index (χ1v) is 6.39. The minimum absolute atomic E-state index is 0.146. The van der Waals surface area contributed by atoms with Gasteiger partial charge in [-0.25, -0.2) is 4.39 Å². The summed E-state index contributed by atoms with van der Waals surface area (Å²) in [5.41, 5.74) is 8.14. The molecule has 1 heterocycles. The number of hydrogen-bond acceptors (Lipinski definition) is 3. The Bertz CT molecular complexity index is 401. The predicted octanol–water partition coefficient (Wildman–Crippen LogP) is 1.38. The van der Waals surface area contributed by atoms with Crippen LogP contribution in [0.1, 0.15) is 17.2 Å². The molecule has 18 heavy (non-hydrogen) atoms. The number of piperazine rings is 1. The lowest BCUT2D eigenvalue weighted by atomic mass is 9.96. The van der Waals surface area contributed by atoms with Gasteiger partial charge in [-0.05, 0) is 44.3 Å². The highest BCUT2D eigenvalue weighted by atomic mass is 19.1. The minimum atomic E-state index is -0.202. The molecule has 0 saturated carbocycles. The van der Waals surface area contributed by atoms with Crippen LogP contribution in [0.15, 0.2) is 18.2 Å². The van der Waals surface area contributed by atoms with Gasteiger partial charge in [0.15, 0.2) is 0 Å². The first-order valence-electron chi connectivity index (χ1n) is 6.39. The van der Waals surface area contributed by atoms with E-state index < -0.39 is 0 Å². The summed E-state index contributed by atoms with van der Waals surface area (Å²) in [4.78, 5) is 4.54. The smallest absolute Gasteiger partial charge is 0.123 e. The maximum absolute atomic E-state index is 13.4. The Kier molecular flexibility index (Phi) is 4.00. The molecule has 1 aromatic carbocycles. The van der Waals surface area contributed by atoms with Crippen LogP contribution in [0, 0.1) is 12.7 Å². The second kappa shape index (κ2) is 5.34. The van der Waals surface area contributed by atoms with Crippen molar-refractivity contribution in [3.8, 4) is 0 Å². The summed E-state index contributed by atoms with van der Waals surface area (Å²) in [6, 6.07) is 5.17. The third-order valence-electron chi connectivity index (χ3n) is 3.76.